The first kappa shape index (κ1) is 11.2. The number of hydrogen-bond donors (Lipinski definition) is 2. The smallest absolute Gasteiger partial charge is 0.287 e. The molecule has 0 radical (unpaired) electrons. The predicted octanol–water partition coefficient (Wildman–Crippen LogP) is -0.714. The van der Waals surface area contributed by atoms with Gasteiger partial charge in [0.1, 0.15) is 0 Å². The minimum Gasteiger partial charge on any atom is -0.355 e. The molecule has 0 aromatic carbocycles. The fourth-order valence-electron chi connectivity index (χ4n) is 1.08. The molecular formula is C9H14N4O2. The van der Waals surface area contributed by atoms with Crippen molar-refractivity contribution in [2.24, 2.45) is 7.05 Å². The molecule has 1 aromatic heterocycles. The monoisotopic (exact) mass is 210 g/mol. The van der Waals surface area contributed by atoms with E-state index >= 15 is 0 Å². The fraction of sp³-hybridized carbons (Fsp3) is 0.444. The molecule has 6 nitrogen and oxygen atoms in total. The van der Waals surface area contributed by atoms with Gasteiger partial charge in [0.15, 0.2) is 5.82 Å². The summed E-state index contributed by atoms with van der Waals surface area (Å²) in [4.78, 5) is 25.9. The normalized spacial score (nSPS) is 9.73. The zero-order valence-corrected chi connectivity index (χ0v) is 8.78. The van der Waals surface area contributed by atoms with Crippen LogP contribution < -0.4 is 10.6 Å². The Balaban J connectivity index is 2.31. The lowest BCUT2D eigenvalue weighted by molar-refractivity contribution is -0.118. The highest BCUT2D eigenvalue weighted by molar-refractivity contribution is 5.90. The molecule has 1 aromatic rings. The van der Waals surface area contributed by atoms with E-state index in [2.05, 4.69) is 15.6 Å². The van der Waals surface area contributed by atoms with Crippen LogP contribution in [0, 0.1) is 0 Å². The maximum absolute atomic E-state index is 11.5. The first-order valence-electron chi connectivity index (χ1n) is 4.61. The highest BCUT2D eigenvalue weighted by Crippen LogP contribution is 1.92. The molecule has 1 heterocycles. The standard InChI is InChI=1S/C9H14N4O2/c1-7(14)10-3-4-12-9(15)8-11-5-6-13(8)2/h5-6H,3-4H2,1-2H3,(H,10,14)(H,12,15). The van der Waals surface area contributed by atoms with Crippen LogP contribution in [0.2, 0.25) is 0 Å². The van der Waals surface area contributed by atoms with E-state index in [1.165, 1.54) is 6.92 Å². The summed E-state index contributed by atoms with van der Waals surface area (Å²) in [6, 6.07) is 0. The van der Waals surface area contributed by atoms with Crippen LogP contribution in [0.3, 0.4) is 0 Å². The fourth-order valence-corrected chi connectivity index (χ4v) is 1.08. The van der Waals surface area contributed by atoms with Gasteiger partial charge < -0.3 is 15.2 Å². The maximum Gasteiger partial charge on any atom is 0.287 e. The largest absolute Gasteiger partial charge is 0.355 e. The molecule has 0 aliphatic rings. The number of carbonyl (C=O) groups excluding carboxylic acids is 2. The highest BCUT2D eigenvalue weighted by atomic mass is 16.2. The van der Waals surface area contributed by atoms with Crippen molar-refractivity contribution in [1.29, 1.82) is 0 Å². The average Bonchev–Trinajstić information content (AvgIpc) is 2.58. The summed E-state index contributed by atoms with van der Waals surface area (Å²) in [5.41, 5.74) is 0. The van der Waals surface area contributed by atoms with Gasteiger partial charge in [-0.15, -0.1) is 0 Å². The Labute approximate surface area is 87.7 Å². The van der Waals surface area contributed by atoms with Gasteiger partial charge in [0.25, 0.3) is 5.91 Å². The molecule has 1 rings (SSSR count). The van der Waals surface area contributed by atoms with Crippen molar-refractivity contribution >= 4 is 11.8 Å². The zero-order chi connectivity index (χ0) is 11.3. The van der Waals surface area contributed by atoms with Crippen molar-refractivity contribution < 1.29 is 9.59 Å². The van der Waals surface area contributed by atoms with Crippen molar-refractivity contribution in [2.75, 3.05) is 13.1 Å². The van der Waals surface area contributed by atoms with Crippen LogP contribution in [-0.4, -0.2) is 34.5 Å². The number of imidazole rings is 1. The van der Waals surface area contributed by atoms with Crippen LogP contribution in [0.1, 0.15) is 17.5 Å². The number of nitrogens with one attached hydrogen (secondary N) is 2. The number of amides is 2. The van der Waals surface area contributed by atoms with Crippen molar-refractivity contribution in [3.8, 4) is 0 Å². The van der Waals surface area contributed by atoms with Crippen molar-refractivity contribution in [1.82, 2.24) is 20.2 Å². The molecule has 15 heavy (non-hydrogen) atoms. The molecule has 0 bridgehead atoms. The molecule has 0 saturated carbocycles. The molecule has 0 atom stereocenters. The summed E-state index contributed by atoms with van der Waals surface area (Å²) in [6.07, 6.45) is 3.26. The zero-order valence-electron chi connectivity index (χ0n) is 8.78. The third kappa shape index (κ3) is 3.41. The summed E-state index contributed by atoms with van der Waals surface area (Å²) in [7, 11) is 1.75. The first-order valence-corrected chi connectivity index (χ1v) is 4.61. The lowest BCUT2D eigenvalue weighted by atomic mass is 10.5. The molecule has 0 spiro atoms. The van der Waals surface area contributed by atoms with Gasteiger partial charge >= 0.3 is 0 Å². The molecular weight excluding hydrogens is 196 g/mol. The van der Waals surface area contributed by atoms with Gasteiger partial charge in [-0.3, -0.25) is 9.59 Å². The topological polar surface area (TPSA) is 76.0 Å². The van der Waals surface area contributed by atoms with E-state index in [1.807, 2.05) is 0 Å². The van der Waals surface area contributed by atoms with Gasteiger partial charge in [0, 0.05) is 39.5 Å². The van der Waals surface area contributed by atoms with Crippen LogP contribution >= 0.6 is 0 Å². The number of nitrogens with zero attached hydrogens (tertiary/aromatic N) is 2. The van der Waals surface area contributed by atoms with Crippen molar-refractivity contribution in [3.63, 3.8) is 0 Å². The Hall–Kier alpha value is -1.85. The molecule has 0 fully saturated rings. The first-order chi connectivity index (χ1) is 7.11. The Kier molecular flexibility index (Phi) is 3.84. The Morgan fingerprint density at radius 1 is 1.40 bits per heavy atom. The summed E-state index contributed by atoms with van der Waals surface area (Å²) >= 11 is 0. The maximum atomic E-state index is 11.5. The van der Waals surface area contributed by atoms with E-state index in [-0.39, 0.29) is 11.8 Å². The number of carbonyl (C=O) groups is 2. The Bertz CT molecular complexity index is 359. The summed E-state index contributed by atoms with van der Waals surface area (Å²) < 4.78 is 1.63. The second-order valence-electron chi connectivity index (χ2n) is 3.10. The van der Waals surface area contributed by atoms with E-state index in [0.29, 0.717) is 18.9 Å². The van der Waals surface area contributed by atoms with Gasteiger partial charge in [-0.1, -0.05) is 0 Å². The van der Waals surface area contributed by atoms with E-state index in [1.54, 1.807) is 24.0 Å². The third-order valence-corrected chi connectivity index (χ3v) is 1.81. The Morgan fingerprint density at radius 3 is 2.60 bits per heavy atom. The number of hydrogen-bond acceptors (Lipinski definition) is 3. The van der Waals surface area contributed by atoms with Crippen LogP contribution in [0.25, 0.3) is 0 Å². The van der Waals surface area contributed by atoms with Crippen LogP contribution in [0.4, 0.5) is 0 Å². The second kappa shape index (κ2) is 5.14. The lowest BCUT2D eigenvalue weighted by Crippen LogP contribution is -2.34. The summed E-state index contributed by atoms with van der Waals surface area (Å²) in [6.45, 7) is 2.25. The van der Waals surface area contributed by atoms with Gasteiger partial charge in [0.2, 0.25) is 5.91 Å². The van der Waals surface area contributed by atoms with Crippen LogP contribution in [0.5, 0.6) is 0 Å². The van der Waals surface area contributed by atoms with Crippen LogP contribution in [-0.2, 0) is 11.8 Å². The van der Waals surface area contributed by atoms with Gasteiger partial charge in [-0.25, -0.2) is 4.98 Å². The highest BCUT2D eigenvalue weighted by Gasteiger charge is 2.08. The van der Waals surface area contributed by atoms with Crippen LogP contribution in [0.15, 0.2) is 12.4 Å². The number of aromatic nitrogens is 2. The van der Waals surface area contributed by atoms with E-state index < -0.39 is 0 Å². The molecule has 0 unspecified atom stereocenters. The Morgan fingerprint density at radius 2 is 2.07 bits per heavy atom. The molecule has 0 aliphatic heterocycles. The summed E-state index contributed by atoms with van der Waals surface area (Å²) in [5, 5.41) is 5.22. The van der Waals surface area contributed by atoms with Crippen molar-refractivity contribution in [3.05, 3.63) is 18.2 Å². The van der Waals surface area contributed by atoms with E-state index in [0.717, 1.165) is 0 Å². The van der Waals surface area contributed by atoms with Gasteiger partial charge in [0.05, 0.1) is 0 Å². The number of aryl methyl sites for hydroxylation is 1. The SMILES string of the molecule is CC(=O)NCCNC(=O)c1nccn1C. The molecule has 0 saturated heterocycles. The minimum atomic E-state index is -0.243. The van der Waals surface area contributed by atoms with E-state index in [4.69, 9.17) is 0 Å². The van der Waals surface area contributed by atoms with Gasteiger partial charge in [-0.05, 0) is 0 Å². The average molecular weight is 210 g/mol. The molecule has 2 amide bonds. The summed E-state index contributed by atoms with van der Waals surface area (Å²) in [5.74, 6) is 0.00641. The quantitative estimate of drug-likeness (QED) is 0.644. The predicted molar refractivity (Wildman–Crippen MR) is 54.2 cm³/mol. The van der Waals surface area contributed by atoms with E-state index in [9.17, 15) is 9.59 Å². The van der Waals surface area contributed by atoms with Crippen molar-refractivity contribution in [2.45, 2.75) is 6.92 Å². The third-order valence-electron chi connectivity index (χ3n) is 1.81. The molecule has 0 aliphatic carbocycles. The minimum absolute atomic E-state index is 0.110. The second-order valence-corrected chi connectivity index (χ2v) is 3.10. The lowest BCUT2D eigenvalue weighted by Gasteiger charge is -2.05. The molecule has 6 heteroatoms. The molecule has 2 N–H and O–H groups in total. The number of rotatable bonds is 4. The molecule has 82 valence electrons. The van der Waals surface area contributed by atoms with Gasteiger partial charge in [-0.2, -0.15) is 0 Å².